The Balaban J connectivity index is 1.99. The molecule has 6 heteroatoms. The van der Waals surface area contributed by atoms with Crippen LogP contribution in [0.1, 0.15) is 26.7 Å². The van der Waals surface area contributed by atoms with E-state index in [0.717, 1.165) is 27.1 Å². The molecular formula is C14H13N3O2S. The third-order valence-corrected chi connectivity index (χ3v) is 3.87. The topological polar surface area (TPSA) is 68.0 Å². The zero-order valence-electron chi connectivity index (χ0n) is 11.4. The monoisotopic (exact) mass is 287 g/mol. The molecule has 0 bridgehead atoms. The third-order valence-electron chi connectivity index (χ3n) is 3.11. The molecule has 0 aliphatic carbocycles. The van der Waals surface area contributed by atoms with Crippen molar-refractivity contribution in [2.45, 2.75) is 20.8 Å². The summed E-state index contributed by atoms with van der Waals surface area (Å²) in [6.07, 6.45) is 0. The van der Waals surface area contributed by atoms with Crippen molar-refractivity contribution in [1.29, 1.82) is 0 Å². The van der Waals surface area contributed by atoms with Gasteiger partial charge in [0.1, 0.15) is 10.6 Å². The number of rotatable bonds is 2. The zero-order valence-corrected chi connectivity index (χ0v) is 12.2. The van der Waals surface area contributed by atoms with E-state index in [1.54, 1.807) is 0 Å². The van der Waals surface area contributed by atoms with Gasteiger partial charge in [-0.3, -0.25) is 10.1 Å². The Morgan fingerprint density at radius 3 is 2.70 bits per heavy atom. The number of amides is 1. The fourth-order valence-corrected chi connectivity index (χ4v) is 2.69. The molecule has 2 heterocycles. The van der Waals surface area contributed by atoms with Gasteiger partial charge < -0.3 is 4.42 Å². The molecule has 3 aromatic rings. The highest BCUT2D eigenvalue weighted by Gasteiger charge is 2.19. The van der Waals surface area contributed by atoms with E-state index in [1.807, 2.05) is 39.0 Å². The second-order valence-electron chi connectivity index (χ2n) is 4.59. The summed E-state index contributed by atoms with van der Waals surface area (Å²) >= 11 is 1.33. The molecule has 3 rings (SSSR count). The van der Waals surface area contributed by atoms with Crippen LogP contribution in [-0.4, -0.2) is 16.1 Å². The number of fused-ring (bicyclic) bond motifs is 1. The maximum absolute atomic E-state index is 12.3. The number of nitrogens with zero attached hydrogens (tertiary/aromatic N) is 2. The molecule has 0 unspecified atom stereocenters. The molecule has 1 N–H and O–H groups in total. The number of benzene rings is 1. The number of anilines is 1. The second kappa shape index (κ2) is 4.72. The Bertz CT molecular complexity index is 804. The van der Waals surface area contributed by atoms with Crippen LogP contribution in [0, 0.1) is 20.8 Å². The van der Waals surface area contributed by atoms with Gasteiger partial charge in [0.25, 0.3) is 5.91 Å². The van der Waals surface area contributed by atoms with E-state index >= 15 is 0 Å². The molecule has 1 aromatic carbocycles. The van der Waals surface area contributed by atoms with Gasteiger partial charge in [-0.25, -0.2) is 0 Å². The summed E-state index contributed by atoms with van der Waals surface area (Å²) in [6, 6.07) is 5.87. The Morgan fingerprint density at radius 2 is 2.05 bits per heavy atom. The Morgan fingerprint density at radius 1 is 1.25 bits per heavy atom. The van der Waals surface area contributed by atoms with Gasteiger partial charge >= 0.3 is 0 Å². The van der Waals surface area contributed by atoms with E-state index in [0.29, 0.717) is 10.9 Å². The number of hydrogen-bond acceptors (Lipinski definition) is 5. The average molecular weight is 287 g/mol. The van der Waals surface area contributed by atoms with Crippen LogP contribution in [0.5, 0.6) is 0 Å². The van der Waals surface area contributed by atoms with E-state index in [9.17, 15) is 4.79 Å². The molecule has 0 radical (unpaired) electrons. The van der Waals surface area contributed by atoms with Gasteiger partial charge in [0.05, 0.1) is 0 Å². The van der Waals surface area contributed by atoms with Crippen LogP contribution in [0.4, 0.5) is 5.13 Å². The summed E-state index contributed by atoms with van der Waals surface area (Å²) in [5.74, 6) is 0.0244. The smallest absolute Gasteiger partial charge is 0.293 e. The standard InChI is InChI=1S/C14H13N3O2S/c1-7-5-4-6-10-8(2)12(19-11(7)10)13(18)15-14-17-16-9(3)20-14/h4-6H,1-3H3,(H,15,17,18). The normalized spacial score (nSPS) is 10.9. The molecule has 0 saturated carbocycles. The van der Waals surface area contributed by atoms with Crippen LogP contribution >= 0.6 is 11.3 Å². The third kappa shape index (κ3) is 2.08. The fourth-order valence-electron chi connectivity index (χ4n) is 2.10. The minimum Gasteiger partial charge on any atom is -0.450 e. The van der Waals surface area contributed by atoms with Crippen molar-refractivity contribution >= 4 is 33.3 Å². The van der Waals surface area contributed by atoms with Crippen LogP contribution in [0.2, 0.25) is 0 Å². The van der Waals surface area contributed by atoms with Crippen molar-refractivity contribution in [2.75, 3.05) is 5.32 Å². The van der Waals surface area contributed by atoms with E-state index in [-0.39, 0.29) is 5.91 Å². The molecule has 5 nitrogen and oxygen atoms in total. The summed E-state index contributed by atoms with van der Waals surface area (Å²) in [5.41, 5.74) is 2.60. The lowest BCUT2D eigenvalue weighted by Gasteiger charge is -1.98. The fraction of sp³-hybridized carbons (Fsp3) is 0.214. The maximum atomic E-state index is 12.3. The number of carbonyl (C=O) groups excluding carboxylic acids is 1. The average Bonchev–Trinajstić information content (AvgIpc) is 2.95. The van der Waals surface area contributed by atoms with E-state index in [4.69, 9.17) is 4.42 Å². The van der Waals surface area contributed by atoms with Gasteiger partial charge in [0, 0.05) is 10.9 Å². The van der Waals surface area contributed by atoms with Crippen molar-refractivity contribution < 1.29 is 9.21 Å². The molecule has 0 spiro atoms. The largest absolute Gasteiger partial charge is 0.450 e. The predicted octanol–water partition coefficient (Wildman–Crippen LogP) is 3.46. The van der Waals surface area contributed by atoms with Gasteiger partial charge in [-0.1, -0.05) is 29.5 Å². The first-order chi connectivity index (χ1) is 9.56. The van der Waals surface area contributed by atoms with Crippen molar-refractivity contribution in [2.24, 2.45) is 0 Å². The first-order valence-corrected chi connectivity index (χ1v) is 6.98. The Hall–Kier alpha value is -2.21. The summed E-state index contributed by atoms with van der Waals surface area (Å²) in [7, 11) is 0. The summed E-state index contributed by atoms with van der Waals surface area (Å²) in [4.78, 5) is 12.3. The molecule has 0 atom stereocenters. The first-order valence-electron chi connectivity index (χ1n) is 6.16. The van der Waals surface area contributed by atoms with Crippen LogP contribution in [-0.2, 0) is 0 Å². The van der Waals surface area contributed by atoms with Crippen LogP contribution in [0.3, 0.4) is 0 Å². The minimum atomic E-state index is -0.297. The van der Waals surface area contributed by atoms with Gasteiger partial charge in [-0.2, -0.15) is 0 Å². The van der Waals surface area contributed by atoms with Crippen molar-refractivity contribution in [3.8, 4) is 0 Å². The van der Waals surface area contributed by atoms with Crippen LogP contribution < -0.4 is 5.32 Å². The number of aryl methyl sites for hydroxylation is 3. The van der Waals surface area contributed by atoms with Gasteiger partial charge in [0.15, 0.2) is 5.76 Å². The lowest BCUT2D eigenvalue weighted by atomic mass is 10.1. The molecule has 0 fully saturated rings. The number of aromatic nitrogens is 2. The molecular weight excluding hydrogens is 274 g/mol. The number of nitrogens with one attached hydrogen (secondary N) is 1. The summed E-state index contributed by atoms with van der Waals surface area (Å²) in [6.45, 7) is 5.68. The number of para-hydroxylation sites is 1. The maximum Gasteiger partial charge on any atom is 0.293 e. The quantitative estimate of drug-likeness (QED) is 0.783. The number of furan rings is 1. The lowest BCUT2D eigenvalue weighted by molar-refractivity contribution is 0.0998. The number of hydrogen-bond donors (Lipinski definition) is 1. The van der Waals surface area contributed by atoms with E-state index < -0.39 is 0 Å². The van der Waals surface area contributed by atoms with Gasteiger partial charge in [-0.15, -0.1) is 10.2 Å². The van der Waals surface area contributed by atoms with Gasteiger partial charge in [-0.05, 0) is 26.3 Å². The zero-order chi connectivity index (χ0) is 14.3. The van der Waals surface area contributed by atoms with Crippen LogP contribution in [0.25, 0.3) is 11.0 Å². The summed E-state index contributed by atoms with van der Waals surface area (Å²) in [5, 5.41) is 12.7. The molecule has 1 amide bonds. The minimum absolute atomic E-state index is 0.297. The Kier molecular flexibility index (Phi) is 3.02. The molecule has 20 heavy (non-hydrogen) atoms. The second-order valence-corrected chi connectivity index (χ2v) is 5.77. The molecule has 0 aliphatic heterocycles. The first kappa shape index (κ1) is 12.8. The molecule has 0 saturated heterocycles. The molecule has 102 valence electrons. The highest BCUT2D eigenvalue weighted by molar-refractivity contribution is 7.15. The van der Waals surface area contributed by atoms with E-state index in [1.165, 1.54) is 11.3 Å². The highest BCUT2D eigenvalue weighted by atomic mass is 32.1. The summed E-state index contributed by atoms with van der Waals surface area (Å²) < 4.78 is 5.71. The van der Waals surface area contributed by atoms with Crippen molar-refractivity contribution in [3.05, 3.63) is 40.1 Å². The molecule has 2 aromatic heterocycles. The number of carbonyl (C=O) groups is 1. The molecule has 0 aliphatic rings. The SMILES string of the molecule is Cc1nnc(NC(=O)c2oc3c(C)cccc3c2C)s1. The van der Waals surface area contributed by atoms with E-state index in [2.05, 4.69) is 15.5 Å². The highest BCUT2D eigenvalue weighted by Crippen LogP contribution is 2.28. The predicted molar refractivity (Wildman–Crippen MR) is 78.3 cm³/mol. The van der Waals surface area contributed by atoms with Crippen molar-refractivity contribution in [3.63, 3.8) is 0 Å². The Labute approximate surface area is 119 Å². The van der Waals surface area contributed by atoms with Crippen LogP contribution in [0.15, 0.2) is 22.6 Å². The lowest BCUT2D eigenvalue weighted by Crippen LogP contribution is -2.11. The van der Waals surface area contributed by atoms with Crippen molar-refractivity contribution in [1.82, 2.24) is 10.2 Å². The van der Waals surface area contributed by atoms with Gasteiger partial charge in [0.2, 0.25) is 5.13 Å².